The van der Waals surface area contributed by atoms with Gasteiger partial charge in [0.05, 0.1) is 17.4 Å². The number of hydrogen-bond acceptors (Lipinski definition) is 3. The quantitative estimate of drug-likeness (QED) is 0.319. The fraction of sp³-hybridized carbons (Fsp3) is 0.741. The molecule has 0 saturated heterocycles. The summed E-state index contributed by atoms with van der Waals surface area (Å²) in [7, 11) is 2.19. The lowest BCUT2D eigenvalue weighted by Crippen LogP contribution is -2.38. The van der Waals surface area contributed by atoms with E-state index in [1.807, 2.05) is 0 Å². The van der Waals surface area contributed by atoms with E-state index in [-0.39, 0.29) is 11.8 Å². The highest BCUT2D eigenvalue weighted by molar-refractivity contribution is 6.09. The van der Waals surface area contributed by atoms with Gasteiger partial charge in [0, 0.05) is 31.4 Å². The Morgan fingerprint density at radius 3 is 2.13 bits per heavy atom. The maximum atomic E-state index is 13.5. The van der Waals surface area contributed by atoms with Crippen molar-refractivity contribution in [3.05, 3.63) is 34.8 Å². The van der Waals surface area contributed by atoms with Crippen LogP contribution in [0.5, 0.6) is 0 Å². The van der Waals surface area contributed by atoms with E-state index in [0.29, 0.717) is 0 Å². The molecular weight excluding hydrogens is 382 g/mol. The van der Waals surface area contributed by atoms with Crippen molar-refractivity contribution >= 4 is 5.78 Å². The van der Waals surface area contributed by atoms with Gasteiger partial charge in [-0.3, -0.25) is 9.69 Å². The average molecular weight is 428 g/mol. The Balaban J connectivity index is 1.65. The maximum absolute atomic E-state index is 13.5. The van der Waals surface area contributed by atoms with Crippen molar-refractivity contribution in [3.63, 3.8) is 0 Å². The Kier molecular flexibility index (Phi) is 9.70. The van der Waals surface area contributed by atoms with E-state index >= 15 is 0 Å². The molecule has 0 saturated carbocycles. The van der Waals surface area contributed by atoms with Crippen molar-refractivity contribution in [1.82, 2.24) is 14.8 Å². The van der Waals surface area contributed by atoms with Gasteiger partial charge in [0.25, 0.3) is 0 Å². The number of allylic oxidation sites excluding steroid dienone is 1. The summed E-state index contributed by atoms with van der Waals surface area (Å²) in [5.74, 6) is 0.213. The van der Waals surface area contributed by atoms with Crippen LogP contribution in [0.2, 0.25) is 0 Å². The highest BCUT2D eigenvalue weighted by Gasteiger charge is 2.36. The van der Waals surface area contributed by atoms with Gasteiger partial charge in [0.1, 0.15) is 0 Å². The van der Waals surface area contributed by atoms with Crippen LogP contribution in [-0.4, -0.2) is 47.2 Å². The third kappa shape index (κ3) is 6.25. The molecule has 1 aromatic heterocycles. The fourth-order valence-corrected chi connectivity index (χ4v) is 5.20. The normalized spacial score (nSPS) is 18.2. The Bertz CT molecular complexity index is 704. The molecule has 3 rings (SSSR count). The first-order valence-electron chi connectivity index (χ1n) is 13.1. The van der Waals surface area contributed by atoms with Gasteiger partial charge in [-0.2, -0.15) is 0 Å². The van der Waals surface area contributed by atoms with E-state index in [4.69, 9.17) is 0 Å². The smallest absolute Gasteiger partial charge is 0.225 e. The van der Waals surface area contributed by atoms with Crippen molar-refractivity contribution in [1.29, 1.82) is 0 Å². The monoisotopic (exact) mass is 427 g/mol. The van der Waals surface area contributed by atoms with Gasteiger partial charge >= 0.3 is 0 Å². The molecule has 174 valence electrons. The number of H-pyrrole nitrogens is 1. The number of carbonyl (C=O) groups is 1. The molecule has 31 heavy (non-hydrogen) atoms. The first-order chi connectivity index (χ1) is 15.2. The van der Waals surface area contributed by atoms with Crippen molar-refractivity contribution in [3.8, 4) is 0 Å². The molecule has 0 fully saturated rings. The van der Waals surface area contributed by atoms with E-state index in [2.05, 4.69) is 48.0 Å². The number of nitrogens with one attached hydrogen (secondary N) is 1. The Morgan fingerprint density at radius 2 is 1.52 bits per heavy atom. The SMILES string of the molecule is CCCCCCCCN(CCCCCCCC)C1=CC2c3c(c[nH]c3C1=O)CCN2C. The van der Waals surface area contributed by atoms with Gasteiger partial charge in [-0.1, -0.05) is 78.1 Å². The first-order valence-corrected chi connectivity index (χ1v) is 13.1. The van der Waals surface area contributed by atoms with E-state index in [1.54, 1.807) is 0 Å². The van der Waals surface area contributed by atoms with Gasteiger partial charge in [-0.05, 0) is 37.9 Å². The zero-order chi connectivity index (χ0) is 22.1. The summed E-state index contributed by atoms with van der Waals surface area (Å²) in [6.07, 6.45) is 20.9. The first kappa shape index (κ1) is 24.1. The lowest BCUT2D eigenvalue weighted by molar-refractivity contribution is 0.0970. The Labute approximate surface area is 190 Å². The second-order valence-electron chi connectivity index (χ2n) is 9.68. The standard InChI is InChI=1S/C27H45N3O/c1-4-6-8-10-12-14-17-30(18-15-13-11-9-7-5-2)24-20-23-25-22(16-19-29(23)3)21-28-26(25)27(24)31/h20-21,23,28H,4-19H2,1-3H3. The number of Topliss-reactive ketones (excluding diaryl/α,β-unsaturated/α-hetero) is 1. The van der Waals surface area contributed by atoms with Crippen LogP contribution in [0.4, 0.5) is 0 Å². The number of nitrogens with zero attached hydrogens (tertiary/aromatic N) is 2. The van der Waals surface area contributed by atoms with Crippen LogP contribution in [0, 0.1) is 0 Å². The highest BCUT2D eigenvalue weighted by atomic mass is 16.1. The molecule has 1 unspecified atom stereocenters. The molecule has 1 aliphatic heterocycles. The van der Waals surface area contributed by atoms with Crippen LogP contribution < -0.4 is 0 Å². The van der Waals surface area contributed by atoms with Crippen LogP contribution in [0.3, 0.4) is 0 Å². The van der Waals surface area contributed by atoms with Gasteiger partial charge in [-0.25, -0.2) is 0 Å². The fourth-order valence-electron chi connectivity index (χ4n) is 5.20. The third-order valence-corrected chi connectivity index (χ3v) is 7.19. The van der Waals surface area contributed by atoms with E-state index in [9.17, 15) is 4.79 Å². The molecule has 2 aliphatic rings. The van der Waals surface area contributed by atoms with Crippen molar-refractivity contribution in [2.24, 2.45) is 0 Å². The number of likely N-dealkylation sites (N-methyl/N-ethyl adjacent to an activating group) is 1. The maximum Gasteiger partial charge on any atom is 0.225 e. The van der Waals surface area contributed by atoms with Crippen LogP contribution in [0.1, 0.15) is 119 Å². The number of hydrogen-bond donors (Lipinski definition) is 1. The predicted molar refractivity (Wildman–Crippen MR) is 131 cm³/mol. The van der Waals surface area contributed by atoms with Crippen LogP contribution in [-0.2, 0) is 6.42 Å². The second-order valence-corrected chi connectivity index (χ2v) is 9.68. The molecule has 2 heterocycles. The molecule has 0 aromatic carbocycles. The number of ketones is 1. The highest BCUT2D eigenvalue weighted by Crippen LogP contribution is 2.38. The Hall–Kier alpha value is -1.55. The van der Waals surface area contributed by atoms with Gasteiger partial charge < -0.3 is 9.88 Å². The van der Waals surface area contributed by atoms with Crippen LogP contribution in [0.25, 0.3) is 0 Å². The average Bonchev–Trinajstić information content (AvgIpc) is 3.21. The number of aromatic amines is 1. The lowest BCUT2D eigenvalue weighted by Gasteiger charge is -2.37. The summed E-state index contributed by atoms with van der Waals surface area (Å²) >= 11 is 0. The summed E-state index contributed by atoms with van der Waals surface area (Å²) < 4.78 is 0. The second kappa shape index (κ2) is 12.5. The number of unbranched alkanes of at least 4 members (excludes halogenated alkanes) is 10. The van der Waals surface area contributed by atoms with Gasteiger partial charge in [-0.15, -0.1) is 0 Å². The molecule has 4 heteroatoms. The molecule has 0 spiro atoms. The number of aromatic nitrogens is 1. The van der Waals surface area contributed by atoms with Crippen molar-refractivity contribution in [2.75, 3.05) is 26.7 Å². The molecule has 4 nitrogen and oxygen atoms in total. The molecule has 0 radical (unpaired) electrons. The minimum Gasteiger partial charge on any atom is -0.369 e. The largest absolute Gasteiger partial charge is 0.369 e. The molecule has 1 aliphatic carbocycles. The lowest BCUT2D eigenvalue weighted by atomic mass is 9.87. The summed E-state index contributed by atoms with van der Waals surface area (Å²) in [5.41, 5.74) is 4.36. The minimum atomic E-state index is 0.213. The summed E-state index contributed by atoms with van der Waals surface area (Å²) in [5, 5.41) is 0. The molecule has 0 amide bonds. The summed E-state index contributed by atoms with van der Waals surface area (Å²) in [6.45, 7) is 7.62. The van der Waals surface area contributed by atoms with E-state index < -0.39 is 0 Å². The molecule has 0 bridgehead atoms. The molecular formula is C27H45N3O. The zero-order valence-electron chi connectivity index (χ0n) is 20.3. The third-order valence-electron chi connectivity index (χ3n) is 7.19. The van der Waals surface area contributed by atoms with E-state index in [0.717, 1.165) is 37.4 Å². The summed E-state index contributed by atoms with van der Waals surface area (Å²) in [6, 6.07) is 0.245. The van der Waals surface area contributed by atoms with Crippen LogP contribution in [0.15, 0.2) is 18.0 Å². The molecule has 1 aromatic rings. The van der Waals surface area contributed by atoms with E-state index in [1.165, 1.54) is 88.2 Å². The number of rotatable bonds is 15. The minimum absolute atomic E-state index is 0.213. The number of carbonyl (C=O) groups excluding carboxylic acids is 1. The van der Waals surface area contributed by atoms with Crippen molar-refractivity contribution in [2.45, 2.75) is 103 Å². The molecule has 1 N–H and O–H groups in total. The molecule has 1 atom stereocenters. The Morgan fingerprint density at radius 1 is 0.935 bits per heavy atom. The van der Waals surface area contributed by atoms with Gasteiger partial charge in [0.2, 0.25) is 5.78 Å². The predicted octanol–water partition coefficient (Wildman–Crippen LogP) is 6.65. The summed E-state index contributed by atoms with van der Waals surface area (Å²) in [4.78, 5) is 21.6. The topological polar surface area (TPSA) is 39.3 Å². The van der Waals surface area contributed by atoms with Crippen molar-refractivity contribution < 1.29 is 4.79 Å². The zero-order valence-corrected chi connectivity index (χ0v) is 20.3. The van der Waals surface area contributed by atoms with Gasteiger partial charge in [0.15, 0.2) is 0 Å². The van der Waals surface area contributed by atoms with Crippen LogP contribution >= 0.6 is 0 Å².